The minimum Gasteiger partial charge on any atom is -0.496 e. The van der Waals surface area contributed by atoms with Crippen LogP contribution >= 0.6 is 0 Å². The molecule has 2 rings (SSSR count). The number of carbonyl (C=O) groups excluding carboxylic acids is 1. The molecule has 16 heavy (non-hydrogen) atoms. The van der Waals surface area contributed by atoms with Crippen LogP contribution in [0.5, 0.6) is 5.75 Å². The highest BCUT2D eigenvalue weighted by molar-refractivity contribution is 5.99. The summed E-state index contributed by atoms with van der Waals surface area (Å²) in [4.78, 5) is 12.0. The number of rotatable bonds is 4. The Morgan fingerprint density at radius 1 is 1.44 bits per heavy atom. The van der Waals surface area contributed by atoms with E-state index in [-0.39, 0.29) is 5.92 Å². The molecular weight excluding hydrogens is 200 g/mol. The van der Waals surface area contributed by atoms with Crippen molar-refractivity contribution in [3.05, 3.63) is 28.8 Å². The molecule has 2 heteroatoms. The van der Waals surface area contributed by atoms with E-state index in [2.05, 4.69) is 6.92 Å². The van der Waals surface area contributed by atoms with Crippen molar-refractivity contribution in [1.82, 2.24) is 0 Å². The lowest BCUT2D eigenvalue weighted by atomic mass is 9.99. The van der Waals surface area contributed by atoms with Gasteiger partial charge >= 0.3 is 0 Å². The van der Waals surface area contributed by atoms with Gasteiger partial charge in [0, 0.05) is 11.5 Å². The molecule has 0 spiro atoms. The second-order valence-corrected chi connectivity index (χ2v) is 4.48. The molecule has 1 aliphatic carbocycles. The first-order valence-corrected chi connectivity index (χ1v) is 5.89. The number of hydrogen-bond donors (Lipinski definition) is 0. The number of ketones is 1. The smallest absolute Gasteiger partial charge is 0.165 e. The summed E-state index contributed by atoms with van der Waals surface area (Å²) >= 11 is 0. The van der Waals surface area contributed by atoms with Crippen molar-refractivity contribution in [3.8, 4) is 5.75 Å². The van der Waals surface area contributed by atoms with E-state index < -0.39 is 0 Å². The third kappa shape index (κ3) is 1.97. The van der Waals surface area contributed by atoms with Crippen LogP contribution in [0.4, 0.5) is 0 Å². The average Bonchev–Trinajstić information content (AvgIpc) is 3.10. The lowest BCUT2D eigenvalue weighted by Crippen LogP contribution is -2.04. The first-order valence-electron chi connectivity index (χ1n) is 5.89. The van der Waals surface area contributed by atoms with E-state index in [0.29, 0.717) is 5.78 Å². The first-order chi connectivity index (χ1) is 7.67. The quantitative estimate of drug-likeness (QED) is 0.726. The van der Waals surface area contributed by atoms with Gasteiger partial charge < -0.3 is 4.74 Å². The van der Waals surface area contributed by atoms with Gasteiger partial charge in [-0.1, -0.05) is 6.92 Å². The highest BCUT2D eigenvalue weighted by Crippen LogP contribution is 2.34. The number of aryl methyl sites for hydroxylation is 2. The number of carbonyl (C=O) groups is 1. The zero-order valence-electron chi connectivity index (χ0n) is 10.2. The van der Waals surface area contributed by atoms with E-state index in [1.165, 1.54) is 0 Å². The molecule has 0 aromatic heterocycles. The van der Waals surface area contributed by atoms with Crippen LogP contribution in [0.15, 0.2) is 12.1 Å². The van der Waals surface area contributed by atoms with Gasteiger partial charge in [-0.2, -0.15) is 0 Å². The van der Waals surface area contributed by atoms with Crippen LogP contribution in [-0.2, 0) is 6.42 Å². The van der Waals surface area contributed by atoms with E-state index in [4.69, 9.17) is 4.74 Å². The van der Waals surface area contributed by atoms with Crippen LogP contribution in [0.2, 0.25) is 0 Å². The summed E-state index contributed by atoms with van der Waals surface area (Å²) in [7, 11) is 1.68. The van der Waals surface area contributed by atoms with Crippen molar-refractivity contribution in [2.24, 2.45) is 5.92 Å². The van der Waals surface area contributed by atoms with Crippen LogP contribution < -0.4 is 4.74 Å². The molecule has 0 unspecified atom stereocenters. The Morgan fingerprint density at radius 3 is 2.62 bits per heavy atom. The third-order valence-corrected chi connectivity index (χ3v) is 3.17. The van der Waals surface area contributed by atoms with Gasteiger partial charge in [0.25, 0.3) is 0 Å². The fraction of sp³-hybridized carbons (Fsp3) is 0.500. The van der Waals surface area contributed by atoms with Crippen molar-refractivity contribution in [2.75, 3.05) is 7.11 Å². The Balaban J connectivity index is 2.40. The molecule has 86 valence electrons. The molecule has 0 bridgehead atoms. The maximum Gasteiger partial charge on any atom is 0.165 e. The second-order valence-electron chi connectivity index (χ2n) is 4.48. The summed E-state index contributed by atoms with van der Waals surface area (Å²) in [6, 6.07) is 3.95. The first kappa shape index (κ1) is 11.2. The van der Waals surface area contributed by atoms with Gasteiger partial charge in [-0.05, 0) is 49.4 Å². The summed E-state index contributed by atoms with van der Waals surface area (Å²) in [5, 5.41) is 0. The van der Waals surface area contributed by atoms with E-state index >= 15 is 0 Å². The highest BCUT2D eigenvalue weighted by atomic mass is 16.5. The summed E-state index contributed by atoms with van der Waals surface area (Å²) in [6.45, 7) is 4.09. The normalized spacial score (nSPS) is 14.9. The Labute approximate surface area is 96.6 Å². The maximum absolute atomic E-state index is 12.0. The average molecular weight is 218 g/mol. The predicted molar refractivity (Wildman–Crippen MR) is 64.2 cm³/mol. The minimum absolute atomic E-state index is 0.289. The lowest BCUT2D eigenvalue weighted by Gasteiger charge is -2.12. The van der Waals surface area contributed by atoms with Gasteiger partial charge in [0.05, 0.1) is 7.11 Å². The Kier molecular flexibility index (Phi) is 2.99. The molecule has 0 atom stereocenters. The maximum atomic E-state index is 12.0. The molecule has 1 fully saturated rings. The summed E-state index contributed by atoms with van der Waals surface area (Å²) < 4.78 is 5.37. The molecule has 1 aromatic rings. The monoisotopic (exact) mass is 218 g/mol. The molecular formula is C14H18O2. The van der Waals surface area contributed by atoms with Crippen molar-refractivity contribution >= 4 is 5.78 Å². The number of hydrogen-bond acceptors (Lipinski definition) is 2. The lowest BCUT2D eigenvalue weighted by molar-refractivity contribution is 0.0967. The topological polar surface area (TPSA) is 26.3 Å². The third-order valence-electron chi connectivity index (χ3n) is 3.17. The minimum atomic E-state index is 0.289. The van der Waals surface area contributed by atoms with Gasteiger partial charge in [0.1, 0.15) is 5.75 Å². The van der Waals surface area contributed by atoms with Crippen molar-refractivity contribution < 1.29 is 9.53 Å². The van der Waals surface area contributed by atoms with Crippen molar-refractivity contribution in [2.45, 2.75) is 33.1 Å². The van der Waals surface area contributed by atoms with Gasteiger partial charge in [-0.25, -0.2) is 0 Å². The molecule has 0 heterocycles. The number of benzene rings is 1. The fourth-order valence-electron chi connectivity index (χ4n) is 2.13. The van der Waals surface area contributed by atoms with E-state index in [0.717, 1.165) is 41.7 Å². The predicted octanol–water partition coefficient (Wildman–Crippen LogP) is 3.16. The number of methoxy groups -OCH3 is 1. The summed E-state index contributed by atoms with van der Waals surface area (Å²) in [5.41, 5.74) is 3.05. The van der Waals surface area contributed by atoms with Crippen LogP contribution in [0.1, 0.15) is 41.3 Å². The van der Waals surface area contributed by atoms with E-state index in [1.807, 2.05) is 19.1 Å². The van der Waals surface area contributed by atoms with Crippen LogP contribution in [-0.4, -0.2) is 12.9 Å². The number of Topliss-reactive ketones (excluding diaryl/α,β-unsaturated/α-hetero) is 1. The Bertz CT molecular complexity index is 417. The molecule has 0 aliphatic heterocycles. The number of ether oxygens (including phenoxy) is 1. The molecule has 0 radical (unpaired) electrons. The van der Waals surface area contributed by atoms with Crippen LogP contribution in [0.3, 0.4) is 0 Å². The van der Waals surface area contributed by atoms with Crippen LogP contribution in [0, 0.1) is 12.8 Å². The fourth-order valence-corrected chi connectivity index (χ4v) is 2.13. The zero-order valence-corrected chi connectivity index (χ0v) is 10.2. The standard InChI is InChI=1S/C14H18O2/c1-4-10-8-12(13(15)11-5-6-11)7-9(2)14(10)16-3/h7-8,11H,4-6H2,1-3H3. The van der Waals surface area contributed by atoms with Crippen molar-refractivity contribution in [3.63, 3.8) is 0 Å². The van der Waals surface area contributed by atoms with Crippen LogP contribution in [0.25, 0.3) is 0 Å². The van der Waals surface area contributed by atoms with E-state index in [9.17, 15) is 4.79 Å². The zero-order chi connectivity index (χ0) is 11.7. The summed E-state index contributed by atoms with van der Waals surface area (Å²) in [5.74, 6) is 1.52. The molecule has 1 aliphatic rings. The largest absolute Gasteiger partial charge is 0.496 e. The van der Waals surface area contributed by atoms with Crippen molar-refractivity contribution in [1.29, 1.82) is 0 Å². The Hall–Kier alpha value is -1.31. The molecule has 0 amide bonds. The SMILES string of the molecule is CCc1cc(C(=O)C2CC2)cc(C)c1OC. The molecule has 0 saturated heterocycles. The highest BCUT2D eigenvalue weighted by Gasteiger charge is 2.30. The van der Waals surface area contributed by atoms with Gasteiger partial charge in [-0.15, -0.1) is 0 Å². The Morgan fingerprint density at radius 2 is 2.12 bits per heavy atom. The molecule has 0 N–H and O–H groups in total. The van der Waals surface area contributed by atoms with Gasteiger partial charge in [-0.3, -0.25) is 4.79 Å². The molecule has 1 aromatic carbocycles. The molecule has 2 nitrogen and oxygen atoms in total. The van der Waals surface area contributed by atoms with Gasteiger partial charge in [0.15, 0.2) is 5.78 Å². The van der Waals surface area contributed by atoms with Gasteiger partial charge in [0.2, 0.25) is 0 Å². The molecule has 1 saturated carbocycles. The summed E-state index contributed by atoms with van der Waals surface area (Å²) in [6.07, 6.45) is 3.02. The van der Waals surface area contributed by atoms with E-state index in [1.54, 1.807) is 7.11 Å². The second kappa shape index (κ2) is 4.28.